The SMILES string of the molecule is Cc1cccc(NC(=O)COc2ccccc2C2C3=C(CCCC3=O)OC3=C2C(=O)CCC3)c1C. The molecule has 0 aromatic heterocycles. The summed E-state index contributed by atoms with van der Waals surface area (Å²) >= 11 is 0. The van der Waals surface area contributed by atoms with Crippen molar-refractivity contribution < 1.29 is 23.9 Å². The molecule has 0 fully saturated rings. The van der Waals surface area contributed by atoms with Gasteiger partial charge in [-0.3, -0.25) is 14.4 Å². The molecule has 0 radical (unpaired) electrons. The molecule has 0 atom stereocenters. The Labute approximate surface area is 205 Å². The van der Waals surface area contributed by atoms with Gasteiger partial charge in [0.2, 0.25) is 0 Å². The predicted molar refractivity (Wildman–Crippen MR) is 132 cm³/mol. The highest BCUT2D eigenvalue weighted by Crippen LogP contribution is 2.49. The van der Waals surface area contributed by atoms with Crippen molar-refractivity contribution in [3.8, 4) is 5.75 Å². The first-order valence-electron chi connectivity index (χ1n) is 12.2. The minimum Gasteiger partial charge on any atom is -0.483 e. The maximum absolute atomic E-state index is 13.1. The number of nitrogens with one attached hydrogen (secondary N) is 1. The summed E-state index contributed by atoms with van der Waals surface area (Å²) in [4.78, 5) is 38.8. The highest BCUT2D eigenvalue weighted by molar-refractivity contribution is 6.06. The molecule has 0 saturated heterocycles. The maximum Gasteiger partial charge on any atom is 0.262 e. The van der Waals surface area contributed by atoms with Gasteiger partial charge in [-0.2, -0.15) is 0 Å². The number of carbonyl (C=O) groups excluding carboxylic acids is 3. The van der Waals surface area contributed by atoms with E-state index < -0.39 is 5.92 Å². The first-order chi connectivity index (χ1) is 16.9. The number of aryl methyl sites for hydroxylation is 1. The zero-order valence-corrected chi connectivity index (χ0v) is 20.1. The van der Waals surface area contributed by atoms with Crippen molar-refractivity contribution >= 4 is 23.2 Å². The molecular weight excluding hydrogens is 442 g/mol. The van der Waals surface area contributed by atoms with Gasteiger partial charge in [-0.25, -0.2) is 0 Å². The third-order valence-electron chi connectivity index (χ3n) is 7.11. The number of allylic oxidation sites excluding steroid dienone is 4. The van der Waals surface area contributed by atoms with E-state index in [2.05, 4.69) is 5.32 Å². The molecule has 1 N–H and O–H groups in total. The number of ether oxygens (including phenoxy) is 2. The van der Waals surface area contributed by atoms with E-state index in [0.29, 0.717) is 54.1 Å². The van der Waals surface area contributed by atoms with E-state index in [1.165, 1.54) is 0 Å². The van der Waals surface area contributed by atoms with E-state index >= 15 is 0 Å². The Kier molecular flexibility index (Phi) is 6.29. The maximum atomic E-state index is 13.1. The largest absolute Gasteiger partial charge is 0.483 e. The number of Topliss-reactive ketones (excluding diaryl/α,β-unsaturated/α-hetero) is 2. The molecule has 6 nitrogen and oxygen atoms in total. The number of rotatable bonds is 5. The first-order valence-corrected chi connectivity index (χ1v) is 12.2. The monoisotopic (exact) mass is 471 g/mol. The second-order valence-electron chi connectivity index (χ2n) is 9.38. The molecule has 2 aliphatic carbocycles. The van der Waals surface area contributed by atoms with Crippen LogP contribution in [0.2, 0.25) is 0 Å². The Bertz CT molecular complexity index is 1240. The minimum atomic E-state index is -0.521. The molecule has 180 valence electrons. The second-order valence-corrected chi connectivity index (χ2v) is 9.38. The molecule has 5 rings (SSSR count). The summed E-state index contributed by atoms with van der Waals surface area (Å²) < 4.78 is 12.1. The lowest BCUT2D eigenvalue weighted by atomic mass is 9.73. The lowest BCUT2D eigenvalue weighted by Crippen LogP contribution is -2.30. The van der Waals surface area contributed by atoms with E-state index in [1.807, 2.05) is 50.2 Å². The molecule has 6 heteroatoms. The van der Waals surface area contributed by atoms with E-state index in [0.717, 1.165) is 35.2 Å². The average Bonchev–Trinajstić information content (AvgIpc) is 2.85. The van der Waals surface area contributed by atoms with Gasteiger partial charge in [0.05, 0.1) is 5.92 Å². The van der Waals surface area contributed by atoms with Crippen LogP contribution in [0.1, 0.15) is 61.1 Å². The number of para-hydroxylation sites is 1. The molecule has 0 unspecified atom stereocenters. The van der Waals surface area contributed by atoms with Crippen LogP contribution in [0.15, 0.2) is 65.1 Å². The molecule has 2 aromatic rings. The fourth-order valence-corrected chi connectivity index (χ4v) is 5.20. The third-order valence-corrected chi connectivity index (χ3v) is 7.11. The minimum absolute atomic E-state index is 0.0173. The number of ketones is 2. The van der Waals surface area contributed by atoms with E-state index in [-0.39, 0.29) is 24.1 Å². The summed E-state index contributed by atoms with van der Waals surface area (Å²) in [5, 5.41) is 2.91. The first kappa shape index (κ1) is 23.1. The van der Waals surface area contributed by atoms with Crippen LogP contribution < -0.4 is 10.1 Å². The summed E-state index contributed by atoms with van der Waals surface area (Å²) in [6.07, 6.45) is 3.75. The van der Waals surface area contributed by atoms with Crippen LogP contribution in [-0.4, -0.2) is 24.1 Å². The average molecular weight is 472 g/mol. The van der Waals surface area contributed by atoms with Crippen LogP contribution in [0.3, 0.4) is 0 Å². The van der Waals surface area contributed by atoms with Crippen LogP contribution >= 0.6 is 0 Å². The molecular formula is C29H29NO5. The summed E-state index contributed by atoms with van der Waals surface area (Å²) in [5.41, 5.74) is 4.72. The zero-order valence-electron chi connectivity index (χ0n) is 20.1. The van der Waals surface area contributed by atoms with Gasteiger partial charge >= 0.3 is 0 Å². The molecule has 3 aliphatic rings. The predicted octanol–water partition coefficient (Wildman–Crippen LogP) is 5.45. The van der Waals surface area contributed by atoms with Gasteiger partial charge in [-0.15, -0.1) is 0 Å². The fourth-order valence-electron chi connectivity index (χ4n) is 5.20. The van der Waals surface area contributed by atoms with Crippen LogP contribution in [0.25, 0.3) is 0 Å². The number of amides is 1. The Morgan fingerprint density at radius 3 is 2.26 bits per heavy atom. The van der Waals surface area contributed by atoms with Gasteiger partial charge in [0, 0.05) is 48.1 Å². The van der Waals surface area contributed by atoms with Crippen LogP contribution in [-0.2, 0) is 19.1 Å². The highest BCUT2D eigenvalue weighted by atomic mass is 16.5. The fraction of sp³-hybridized carbons (Fsp3) is 0.345. The van der Waals surface area contributed by atoms with Crippen molar-refractivity contribution in [2.24, 2.45) is 0 Å². The normalized spacial score (nSPS) is 18.1. The molecule has 1 amide bonds. The lowest BCUT2D eigenvalue weighted by molar-refractivity contribution is -0.119. The number of hydrogen-bond donors (Lipinski definition) is 1. The number of carbonyl (C=O) groups is 3. The number of anilines is 1. The highest BCUT2D eigenvalue weighted by Gasteiger charge is 2.42. The Hall–Kier alpha value is -3.67. The molecule has 1 aliphatic heterocycles. The Morgan fingerprint density at radius 1 is 0.914 bits per heavy atom. The van der Waals surface area contributed by atoms with Gasteiger partial charge in [-0.05, 0) is 49.9 Å². The van der Waals surface area contributed by atoms with Crippen molar-refractivity contribution in [1.29, 1.82) is 0 Å². The summed E-state index contributed by atoms with van der Waals surface area (Å²) in [5.74, 6) is 1.10. The van der Waals surface area contributed by atoms with Crippen LogP contribution in [0.4, 0.5) is 5.69 Å². The van der Waals surface area contributed by atoms with Crippen molar-refractivity contribution in [2.75, 3.05) is 11.9 Å². The van der Waals surface area contributed by atoms with E-state index in [1.54, 1.807) is 6.07 Å². The standard InChI is InChI=1S/C29H29NO5/c1-17-8-5-10-20(18(17)2)30-26(33)16-34-23-13-4-3-9-19(23)27-28-21(31)11-6-14-24(28)35-25-15-7-12-22(32)29(25)27/h3-5,8-10,13,27H,6-7,11-12,14-16H2,1-2H3,(H,30,33). The Balaban J connectivity index is 1.45. The van der Waals surface area contributed by atoms with Crippen molar-refractivity contribution in [3.05, 3.63) is 81.8 Å². The van der Waals surface area contributed by atoms with Gasteiger partial charge in [0.25, 0.3) is 5.91 Å². The molecule has 0 spiro atoms. The quantitative estimate of drug-likeness (QED) is 0.627. The van der Waals surface area contributed by atoms with E-state index in [4.69, 9.17) is 9.47 Å². The van der Waals surface area contributed by atoms with Crippen LogP contribution in [0.5, 0.6) is 5.75 Å². The molecule has 2 aromatic carbocycles. The van der Waals surface area contributed by atoms with Gasteiger partial charge in [-0.1, -0.05) is 30.3 Å². The van der Waals surface area contributed by atoms with Gasteiger partial charge in [0.15, 0.2) is 18.2 Å². The summed E-state index contributed by atoms with van der Waals surface area (Å²) in [6.45, 7) is 3.77. The molecule has 1 heterocycles. The molecule has 35 heavy (non-hydrogen) atoms. The smallest absolute Gasteiger partial charge is 0.262 e. The Morgan fingerprint density at radius 2 is 1.57 bits per heavy atom. The van der Waals surface area contributed by atoms with Crippen LogP contribution in [0, 0.1) is 13.8 Å². The topological polar surface area (TPSA) is 81.7 Å². The van der Waals surface area contributed by atoms with Crippen molar-refractivity contribution in [1.82, 2.24) is 0 Å². The lowest BCUT2D eigenvalue weighted by Gasteiger charge is -2.36. The number of benzene rings is 2. The second kappa shape index (κ2) is 9.53. The van der Waals surface area contributed by atoms with E-state index in [9.17, 15) is 14.4 Å². The molecule has 0 bridgehead atoms. The van der Waals surface area contributed by atoms with Crippen molar-refractivity contribution in [3.63, 3.8) is 0 Å². The molecule has 0 saturated carbocycles. The summed E-state index contributed by atoms with van der Waals surface area (Å²) in [7, 11) is 0. The summed E-state index contributed by atoms with van der Waals surface area (Å²) in [6, 6.07) is 13.1. The zero-order chi connectivity index (χ0) is 24.5. The van der Waals surface area contributed by atoms with Gasteiger partial charge < -0.3 is 14.8 Å². The third kappa shape index (κ3) is 4.41. The van der Waals surface area contributed by atoms with Crippen molar-refractivity contribution in [2.45, 2.75) is 58.3 Å². The van der Waals surface area contributed by atoms with Gasteiger partial charge in [0.1, 0.15) is 17.3 Å². The number of hydrogen-bond acceptors (Lipinski definition) is 5.